The molecule has 1 atom stereocenters. The van der Waals surface area contributed by atoms with Gasteiger partial charge in [0.15, 0.2) is 11.6 Å². The maximum absolute atomic E-state index is 12.6. The van der Waals surface area contributed by atoms with Crippen molar-refractivity contribution in [3.63, 3.8) is 0 Å². The molecule has 0 amide bonds. The molecule has 2 rings (SSSR count). The molecule has 126 valence electrons. The first kappa shape index (κ1) is 18.2. The number of hydrogen-bond donors (Lipinski definition) is 0. The maximum atomic E-state index is 12.6. The Labute approximate surface area is 147 Å². The van der Waals surface area contributed by atoms with E-state index in [1.54, 1.807) is 61.5 Å². The smallest absolute Gasteiger partial charge is 0.178 e. The number of carbonyl (C=O) groups excluding carboxylic acids is 2. The molecule has 0 saturated carbocycles. The van der Waals surface area contributed by atoms with Gasteiger partial charge < -0.3 is 4.74 Å². The summed E-state index contributed by atoms with van der Waals surface area (Å²) in [6.45, 7) is 1.69. The highest BCUT2D eigenvalue weighted by molar-refractivity contribution is 6.00. The Kier molecular flexibility index (Phi) is 6.67. The lowest BCUT2D eigenvalue weighted by Gasteiger charge is -2.16. The second kappa shape index (κ2) is 9.19. The van der Waals surface area contributed by atoms with Gasteiger partial charge in [0.2, 0.25) is 0 Å². The lowest BCUT2D eigenvalue weighted by atomic mass is 9.88. The fourth-order valence-electron chi connectivity index (χ4n) is 2.46. The number of ketones is 2. The van der Waals surface area contributed by atoms with E-state index in [0.29, 0.717) is 16.7 Å². The predicted octanol–water partition coefficient (Wildman–Crippen LogP) is 4.03. The van der Waals surface area contributed by atoms with E-state index in [-0.39, 0.29) is 24.6 Å². The van der Waals surface area contributed by atoms with E-state index < -0.39 is 5.92 Å². The topological polar surface area (TPSA) is 67.2 Å². The number of benzene rings is 2. The van der Waals surface area contributed by atoms with Crippen LogP contribution in [0, 0.1) is 11.3 Å². The minimum absolute atomic E-state index is 0.0634. The van der Waals surface area contributed by atoms with Crippen LogP contribution in [0.25, 0.3) is 0 Å². The third kappa shape index (κ3) is 5.15. The molecule has 0 bridgehead atoms. The summed E-state index contributed by atoms with van der Waals surface area (Å²) in [6.07, 6.45) is 3.21. The molecule has 0 aliphatic rings. The summed E-state index contributed by atoms with van der Waals surface area (Å²) >= 11 is 0. The number of Topliss-reactive ketones (excluding diaryl/α,β-unsaturated/α-hetero) is 2. The molecule has 1 unspecified atom stereocenters. The SMILES string of the molecule is C/C=C\OCC(=O)C(CC(=O)c1ccccc1)c1ccc(C#N)cc1. The van der Waals surface area contributed by atoms with Crippen LogP contribution in [0.1, 0.15) is 40.7 Å². The second-order valence-electron chi connectivity index (χ2n) is 5.53. The van der Waals surface area contributed by atoms with Crippen molar-refractivity contribution in [2.45, 2.75) is 19.3 Å². The molecule has 2 aromatic carbocycles. The largest absolute Gasteiger partial charge is 0.494 e. The van der Waals surface area contributed by atoms with Crippen molar-refractivity contribution >= 4 is 11.6 Å². The van der Waals surface area contributed by atoms with Gasteiger partial charge in [-0.15, -0.1) is 0 Å². The van der Waals surface area contributed by atoms with Gasteiger partial charge in [0.05, 0.1) is 23.8 Å². The minimum Gasteiger partial charge on any atom is -0.494 e. The van der Waals surface area contributed by atoms with Crippen molar-refractivity contribution in [3.8, 4) is 6.07 Å². The summed E-state index contributed by atoms with van der Waals surface area (Å²) in [6, 6.07) is 17.7. The van der Waals surface area contributed by atoms with Crippen LogP contribution in [0.15, 0.2) is 66.9 Å². The van der Waals surface area contributed by atoms with E-state index in [4.69, 9.17) is 10.00 Å². The van der Waals surface area contributed by atoms with Gasteiger partial charge in [-0.1, -0.05) is 48.5 Å². The quantitative estimate of drug-likeness (QED) is 0.540. The lowest BCUT2D eigenvalue weighted by molar-refractivity contribution is -0.123. The Bertz CT molecular complexity index is 786. The van der Waals surface area contributed by atoms with Gasteiger partial charge in [-0.3, -0.25) is 9.59 Å². The highest BCUT2D eigenvalue weighted by Crippen LogP contribution is 2.24. The van der Waals surface area contributed by atoms with E-state index in [1.165, 1.54) is 6.26 Å². The fourth-order valence-corrected chi connectivity index (χ4v) is 2.46. The van der Waals surface area contributed by atoms with Gasteiger partial charge in [-0.2, -0.15) is 5.26 Å². The molecule has 0 saturated heterocycles. The molecule has 4 heteroatoms. The molecule has 0 heterocycles. The predicted molar refractivity (Wildman–Crippen MR) is 95.1 cm³/mol. The van der Waals surface area contributed by atoms with Crippen LogP contribution in [0.5, 0.6) is 0 Å². The molecule has 0 aliphatic heterocycles. The first-order valence-corrected chi connectivity index (χ1v) is 7.99. The number of ether oxygens (including phenoxy) is 1. The first-order valence-electron chi connectivity index (χ1n) is 7.99. The van der Waals surface area contributed by atoms with Crippen LogP contribution < -0.4 is 0 Å². The summed E-state index contributed by atoms with van der Waals surface area (Å²) in [5.41, 5.74) is 1.79. The third-order valence-electron chi connectivity index (χ3n) is 3.77. The standard InChI is InChI=1S/C21H19NO3/c1-2-12-25-15-21(24)19(17-10-8-16(14-22)9-11-17)13-20(23)18-6-4-3-5-7-18/h2-12,19H,13,15H2,1H3/b12-2-. The molecule has 0 aliphatic carbocycles. The number of carbonyl (C=O) groups is 2. The zero-order valence-corrected chi connectivity index (χ0v) is 14.0. The molecule has 0 spiro atoms. The molecule has 0 radical (unpaired) electrons. The summed E-state index contributed by atoms with van der Waals surface area (Å²) < 4.78 is 5.19. The van der Waals surface area contributed by atoms with Crippen molar-refractivity contribution in [2.75, 3.05) is 6.61 Å². The number of hydrogen-bond acceptors (Lipinski definition) is 4. The van der Waals surface area contributed by atoms with Crippen LogP contribution in [0.3, 0.4) is 0 Å². The van der Waals surface area contributed by atoms with Gasteiger partial charge in [0.1, 0.15) is 6.61 Å². The average molecular weight is 333 g/mol. The van der Waals surface area contributed by atoms with Crippen LogP contribution in [0.2, 0.25) is 0 Å². The number of nitrogens with zero attached hydrogens (tertiary/aromatic N) is 1. The van der Waals surface area contributed by atoms with Gasteiger partial charge >= 0.3 is 0 Å². The molecular weight excluding hydrogens is 314 g/mol. The number of rotatable bonds is 8. The highest BCUT2D eigenvalue weighted by atomic mass is 16.5. The monoisotopic (exact) mass is 333 g/mol. The van der Waals surface area contributed by atoms with Crippen molar-refractivity contribution in [3.05, 3.63) is 83.6 Å². The normalized spacial score (nSPS) is 11.7. The Morgan fingerprint density at radius 2 is 1.80 bits per heavy atom. The summed E-state index contributed by atoms with van der Waals surface area (Å²) in [5.74, 6) is -0.882. The Balaban J connectivity index is 2.23. The summed E-state index contributed by atoms with van der Waals surface area (Å²) in [5, 5.41) is 8.91. The lowest BCUT2D eigenvalue weighted by Crippen LogP contribution is -2.20. The first-order chi connectivity index (χ1) is 12.2. The summed E-state index contributed by atoms with van der Waals surface area (Å²) in [7, 11) is 0. The molecular formula is C21H19NO3. The second-order valence-corrected chi connectivity index (χ2v) is 5.53. The minimum atomic E-state index is -0.606. The van der Waals surface area contributed by atoms with Gasteiger partial charge in [-0.25, -0.2) is 0 Å². The Morgan fingerprint density at radius 3 is 2.40 bits per heavy atom. The molecule has 0 N–H and O–H groups in total. The zero-order valence-electron chi connectivity index (χ0n) is 14.0. The van der Waals surface area contributed by atoms with Crippen LogP contribution >= 0.6 is 0 Å². The van der Waals surface area contributed by atoms with Crippen molar-refractivity contribution in [2.24, 2.45) is 0 Å². The molecule has 25 heavy (non-hydrogen) atoms. The molecule has 4 nitrogen and oxygen atoms in total. The summed E-state index contributed by atoms with van der Waals surface area (Å²) in [4.78, 5) is 25.1. The maximum Gasteiger partial charge on any atom is 0.178 e. The zero-order chi connectivity index (χ0) is 18.1. The molecule has 0 aromatic heterocycles. The fraction of sp³-hybridized carbons (Fsp3) is 0.190. The van der Waals surface area contributed by atoms with Crippen LogP contribution in [-0.4, -0.2) is 18.2 Å². The van der Waals surface area contributed by atoms with Gasteiger partial charge in [-0.05, 0) is 24.6 Å². The van der Waals surface area contributed by atoms with Crippen molar-refractivity contribution < 1.29 is 14.3 Å². The average Bonchev–Trinajstić information content (AvgIpc) is 2.67. The molecule has 2 aromatic rings. The van der Waals surface area contributed by atoms with Crippen LogP contribution in [0.4, 0.5) is 0 Å². The number of nitriles is 1. The van der Waals surface area contributed by atoms with Crippen molar-refractivity contribution in [1.82, 2.24) is 0 Å². The molecule has 0 fully saturated rings. The van der Waals surface area contributed by atoms with E-state index in [0.717, 1.165) is 0 Å². The van der Waals surface area contributed by atoms with E-state index in [9.17, 15) is 9.59 Å². The van der Waals surface area contributed by atoms with Gasteiger partial charge in [0, 0.05) is 12.0 Å². The number of allylic oxidation sites excluding steroid dienone is 1. The third-order valence-corrected chi connectivity index (χ3v) is 3.77. The van der Waals surface area contributed by atoms with E-state index in [2.05, 4.69) is 0 Å². The van der Waals surface area contributed by atoms with Crippen molar-refractivity contribution in [1.29, 1.82) is 5.26 Å². The van der Waals surface area contributed by atoms with E-state index >= 15 is 0 Å². The Hall–Kier alpha value is -3.19. The van der Waals surface area contributed by atoms with Crippen LogP contribution in [-0.2, 0) is 9.53 Å². The van der Waals surface area contributed by atoms with Gasteiger partial charge in [0.25, 0.3) is 0 Å². The Morgan fingerprint density at radius 1 is 1.12 bits per heavy atom. The highest BCUT2D eigenvalue weighted by Gasteiger charge is 2.24. The van der Waals surface area contributed by atoms with E-state index in [1.807, 2.05) is 12.1 Å².